The van der Waals surface area contributed by atoms with Gasteiger partial charge in [-0.15, -0.1) is 0 Å². The zero-order valence-corrected chi connectivity index (χ0v) is 12.9. The van der Waals surface area contributed by atoms with E-state index in [1.165, 1.54) is 41.5 Å². The molecule has 0 saturated heterocycles. The molecule has 22 heavy (non-hydrogen) atoms. The Balaban J connectivity index is 1.61. The highest BCUT2D eigenvalue weighted by Gasteiger charge is 2.04. The van der Waals surface area contributed by atoms with Crippen LogP contribution in [0.4, 0.5) is 0 Å². The number of benzene rings is 3. The van der Waals surface area contributed by atoms with Gasteiger partial charge in [-0.25, -0.2) is 0 Å². The SMILES string of the molecule is c1ccc(CCCCc2ccccc2-c2ccccc2)cc1. The fourth-order valence-electron chi connectivity index (χ4n) is 2.93. The van der Waals surface area contributed by atoms with Crippen molar-refractivity contribution in [2.24, 2.45) is 0 Å². The Labute approximate surface area is 133 Å². The Morgan fingerprint density at radius 2 is 1.09 bits per heavy atom. The van der Waals surface area contributed by atoms with Gasteiger partial charge in [0.05, 0.1) is 0 Å². The summed E-state index contributed by atoms with van der Waals surface area (Å²) in [7, 11) is 0. The van der Waals surface area contributed by atoms with Crippen molar-refractivity contribution in [2.75, 3.05) is 0 Å². The third-order valence-corrected chi connectivity index (χ3v) is 4.11. The highest BCUT2D eigenvalue weighted by atomic mass is 14.1. The summed E-state index contributed by atoms with van der Waals surface area (Å²) in [5, 5.41) is 0. The van der Waals surface area contributed by atoms with E-state index in [0.29, 0.717) is 0 Å². The molecule has 0 nitrogen and oxygen atoms in total. The van der Waals surface area contributed by atoms with Crippen molar-refractivity contribution in [3.63, 3.8) is 0 Å². The largest absolute Gasteiger partial charge is 0.0622 e. The van der Waals surface area contributed by atoms with Gasteiger partial charge in [-0.2, -0.15) is 0 Å². The molecule has 0 radical (unpaired) electrons. The van der Waals surface area contributed by atoms with Crippen molar-refractivity contribution < 1.29 is 0 Å². The molecular weight excluding hydrogens is 264 g/mol. The third kappa shape index (κ3) is 3.85. The Kier molecular flexibility index (Phi) is 5.04. The minimum Gasteiger partial charge on any atom is -0.0622 e. The molecule has 3 aromatic rings. The minimum absolute atomic E-state index is 1.15. The van der Waals surface area contributed by atoms with E-state index in [2.05, 4.69) is 84.9 Å². The van der Waals surface area contributed by atoms with E-state index >= 15 is 0 Å². The molecule has 0 heterocycles. The second-order valence-corrected chi connectivity index (χ2v) is 5.72. The molecule has 0 aliphatic carbocycles. The first-order valence-corrected chi connectivity index (χ1v) is 8.11. The summed E-state index contributed by atoms with van der Waals surface area (Å²) in [5.74, 6) is 0. The van der Waals surface area contributed by atoms with Crippen LogP contribution < -0.4 is 0 Å². The maximum atomic E-state index is 2.27. The smallest absolute Gasteiger partial charge is 0.0152 e. The summed E-state index contributed by atoms with van der Waals surface area (Å²) < 4.78 is 0. The Bertz CT molecular complexity index is 683. The molecule has 0 unspecified atom stereocenters. The second-order valence-electron chi connectivity index (χ2n) is 5.72. The van der Waals surface area contributed by atoms with Crippen LogP contribution in [0.2, 0.25) is 0 Å². The Morgan fingerprint density at radius 1 is 0.500 bits per heavy atom. The first kappa shape index (κ1) is 14.6. The van der Waals surface area contributed by atoms with Gasteiger partial charge < -0.3 is 0 Å². The normalized spacial score (nSPS) is 10.5. The molecule has 0 bridgehead atoms. The van der Waals surface area contributed by atoms with Gasteiger partial charge in [-0.3, -0.25) is 0 Å². The highest BCUT2D eigenvalue weighted by molar-refractivity contribution is 5.67. The molecule has 0 amide bonds. The standard InChI is InChI=1S/C22H22/c1-3-11-19(12-4-1)13-7-8-16-21-17-9-10-18-22(21)20-14-5-2-6-15-20/h1-6,9-12,14-15,17-18H,7-8,13,16H2. The summed E-state index contributed by atoms with van der Waals surface area (Å²) in [6.45, 7) is 0. The summed E-state index contributed by atoms with van der Waals surface area (Å²) in [4.78, 5) is 0. The van der Waals surface area contributed by atoms with Gasteiger partial charge in [0.15, 0.2) is 0 Å². The van der Waals surface area contributed by atoms with Crippen LogP contribution >= 0.6 is 0 Å². The molecule has 0 aromatic heterocycles. The maximum absolute atomic E-state index is 2.27. The fraction of sp³-hybridized carbons (Fsp3) is 0.182. The lowest BCUT2D eigenvalue weighted by Gasteiger charge is -2.10. The maximum Gasteiger partial charge on any atom is -0.0152 e. The van der Waals surface area contributed by atoms with Crippen molar-refractivity contribution in [1.82, 2.24) is 0 Å². The summed E-state index contributed by atoms with van der Waals surface area (Å²) in [5.41, 5.74) is 5.60. The molecule has 0 atom stereocenters. The summed E-state index contributed by atoms with van der Waals surface area (Å²) in [6.07, 6.45) is 4.80. The van der Waals surface area contributed by atoms with E-state index in [4.69, 9.17) is 0 Å². The van der Waals surface area contributed by atoms with Gasteiger partial charge in [-0.1, -0.05) is 84.9 Å². The van der Waals surface area contributed by atoms with E-state index in [1.54, 1.807) is 0 Å². The van der Waals surface area contributed by atoms with Crippen molar-refractivity contribution in [1.29, 1.82) is 0 Å². The molecule has 3 rings (SSSR count). The van der Waals surface area contributed by atoms with Crippen molar-refractivity contribution in [3.05, 3.63) is 96.1 Å². The Morgan fingerprint density at radius 3 is 1.86 bits per heavy atom. The molecule has 0 saturated carbocycles. The van der Waals surface area contributed by atoms with Gasteiger partial charge in [0, 0.05) is 0 Å². The first-order valence-electron chi connectivity index (χ1n) is 8.11. The molecular formula is C22H22. The third-order valence-electron chi connectivity index (χ3n) is 4.11. The zero-order valence-electron chi connectivity index (χ0n) is 12.9. The quantitative estimate of drug-likeness (QED) is 0.493. The minimum atomic E-state index is 1.15. The van der Waals surface area contributed by atoms with Crippen LogP contribution in [0.3, 0.4) is 0 Å². The van der Waals surface area contributed by atoms with Gasteiger partial charge in [-0.05, 0) is 47.9 Å². The fourth-order valence-corrected chi connectivity index (χ4v) is 2.93. The van der Waals surface area contributed by atoms with E-state index in [1.807, 2.05) is 0 Å². The van der Waals surface area contributed by atoms with Crippen LogP contribution in [0.15, 0.2) is 84.9 Å². The predicted octanol–water partition coefficient (Wildman–Crippen LogP) is 5.92. The number of rotatable bonds is 6. The molecule has 0 spiro atoms. The highest BCUT2D eigenvalue weighted by Crippen LogP contribution is 2.24. The first-order chi connectivity index (χ1) is 10.9. The lowest BCUT2D eigenvalue weighted by molar-refractivity contribution is 0.735. The number of hydrogen-bond donors (Lipinski definition) is 0. The van der Waals surface area contributed by atoms with Crippen LogP contribution in [-0.4, -0.2) is 0 Å². The van der Waals surface area contributed by atoms with Gasteiger partial charge >= 0.3 is 0 Å². The average Bonchev–Trinajstić information content (AvgIpc) is 2.61. The number of hydrogen-bond acceptors (Lipinski definition) is 0. The molecule has 3 aromatic carbocycles. The van der Waals surface area contributed by atoms with E-state index in [-0.39, 0.29) is 0 Å². The Hall–Kier alpha value is -2.34. The van der Waals surface area contributed by atoms with E-state index in [0.717, 1.165) is 6.42 Å². The molecule has 0 aliphatic heterocycles. The van der Waals surface area contributed by atoms with Crippen molar-refractivity contribution in [2.45, 2.75) is 25.7 Å². The lowest BCUT2D eigenvalue weighted by Crippen LogP contribution is -1.92. The van der Waals surface area contributed by atoms with Crippen LogP contribution in [-0.2, 0) is 12.8 Å². The average molecular weight is 286 g/mol. The molecule has 110 valence electrons. The van der Waals surface area contributed by atoms with Crippen LogP contribution in [0.25, 0.3) is 11.1 Å². The van der Waals surface area contributed by atoms with Crippen LogP contribution in [0.5, 0.6) is 0 Å². The van der Waals surface area contributed by atoms with E-state index < -0.39 is 0 Å². The summed E-state index contributed by atoms with van der Waals surface area (Å²) in [6, 6.07) is 30.3. The van der Waals surface area contributed by atoms with Gasteiger partial charge in [0.1, 0.15) is 0 Å². The number of aryl methyl sites for hydroxylation is 2. The van der Waals surface area contributed by atoms with Crippen LogP contribution in [0.1, 0.15) is 24.0 Å². The molecule has 0 N–H and O–H groups in total. The topological polar surface area (TPSA) is 0 Å². The predicted molar refractivity (Wildman–Crippen MR) is 95.0 cm³/mol. The summed E-state index contributed by atoms with van der Waals surface area (Å²) >= 11 is 0. The monoisotopic (exact) mass is 286 g/mol. The lowest BCUT2D eigenvalue weighted by atomic mass is 9.95. The molecule has 0 fully saturated rings. The van der Waals surface area contributed by atoms with Crippen molar-refractivity contribution >= 4 is 0 Å². The van der Waals surface area contributed by atoms with Crippen molar-refractivity contribution in [3.8, 4) is 11.1 Å². The zero-order chi connectivity index (χ0) is 15.0. The van der Waals surface area contributed by atoms with Gasteiger partial charge in [0.2, 0.25) is 0 Å². The molecule has 0 aliphatic rings. The van der Waals surface area contributed by atoms with Gasteiger partial charge in [0.25, 0.3) is 0 Å². The van der Waals surface area contributed by atoms with Crippen LogP contribution in [0, 0.1) is 0 Å². The number of unbranched alkanes of at least 4 members (excludes halogenated alkanes) is 1. The second kappa shape index (κ2) is 7.61. The molecule has 0 heteroatoms. The van der Waals surface area contributed by atoms with E-state index in [9.17, 15) is 0 Å².